The van der Waals surface area contributed by atoms with Crippen LogP contribution in [0.3, 0.4) is 0 Å². The zero-order valence-electron chi connectivity index (χ0n) is 7.37. The first-order valence-corrected chi connectivity index (χ1v) is 6.80. The van der Waals surface area contributed by atoms with Crippen LogP contribution in [0.15, 0.2) is 5.11 Å². The van der Waals surface area contributed by atoms with E-state index >= 15 is 0 Å². The molecule has 0 saturated heterocycles. The molecule has 11 heavy (non-hydrogen) atoms. The second kappa shape index (κ2) is 5.18. The molecule has 0 N–H and O–H groups in total. The molecule has 0 aromatic carbocycles. The molecule has 0 aliphatic carbocycles. The summed E-state index contributed by atoms with van der Waals surface area (Å²) in [4.78, 5) is 2.68. The van der Waals surface area contributed by atoms with Gasteiger partial charge >= 0.3 is 0 Å². The van der Waals surface area contributed by atoms with Gasteiger partial charge in [0, 0.05) is 18.6 Å². The van der Waals surface area contributed by atoms with Gasteiger partial charge in [-0.2, -0.15) is 0 Å². The number of nitrogens with zero attached hydrogens (tertiary/aromatic N) is 3. The zero-order valence-corrected chi connectivity index (χ0v) is 8.37. The Hall–Kier alpha value is -0.513. The summed E-state index contributed by atoms with van der Waals surface area (Å²) in [5, 5.41) is 3.46. The number of rotatable bonds is 5. The molecule has 0 fully saturated rings. The first-order chi connectivity index (χ1) is 5.12. The van der Waals surface area contributed by atoms with Gasteiger partial charge in [0.05, 0.1) is 0 Å². The third-order valence-corrected chi connectivity index (χ3v) is 4.32. The summed E-state index contributed by atoms with van der Waals surface area (Å²) < 4.78 is 5.32. The average Bonchev–Trinajstić information content (AvgIpc) is 1.99. The second-order valence-corrected chi connectivity index (χ2v) is 7.45. The van der Waals surface area contributed by atoms with Crippen LogP contribution in [-0.2, 0) is 4.43 Å². The Morgan fingerprint density at radius 2 is 2.18 bits per heavy atom. The highest BCUT2D eigenvalue weighted by atomic mass is 28.4. The van der Waals surface area contributed by atoms with Crippen LogP contribution in [0.25, 0.3) is 10.4 Å². The van der Waals surface area contributed by atoms with Gasteiger partial charge in [-0.3, -0.25) is 0 Å². The lowest BCUT2D eigenvalue weighted by Crippen LogP contribution is -2.28. The molecular weight excluding hydrogens is 158 g/mol. The van der Waals surface area contributed by atoms with Crippen molar-refractivity contribution < 1.29 is 4.43 Å². The van der Waals surface area contributed by atoms with Gasteiger partial charge < -0.3 is 4.43 Å². The first-order valence-electron chi connectivity index (χ1n) is 3.68. The smallest absolute Gasteiger partial charge is 0.186 e. The first kappa shape index (κ1) is 10.5. The van der Waals surface area contributed by atoms with E-state index in [1.54, 1.807) is 7.11 Å². The molecule has 5 heteroatoms. The normalized spacial score (nSPS) is 10.8. The third kappa shape index (κ3) is 5.91. The van der Waals surface area contributed by atoms with E-state index in [-0.39, 0.29) is 0 Å². The van der Waals surface area contributed by atoms with Crippen LogP contribution in [0, 0.1) is 0 Å². The van der Waals surface area contributed by atoms with Crippen molar-refractivity contribution in [3.63, 3.8) is 0 Å². The molecule has 0 bridgehead atoms. The minimum atomic E-state index is -1.41. The van der Waals surface area contributed by atoms with Crippen LogP contribution in [0.5, 0.6) is 0 Å². The largest absolute Gasteiger partial charge is 0.420 e. The van der Waals surface area contributed by atoms with Crippen LogP contribution >= 0.6 is 0 Å². The lowest BCUT2D eigenvalue weighted by Gasteiger charge is -2.18. The quantitative estimate of drug-likeness (QED) is 0.207. The van der Waals surface area contributed by atoms with Gasteiger partial charge in [0.2, 0.25) is 0 Å². The zero-order chi connectivity index (χ0) is 8.74. The van der Waals surface area contributed by atoms with E-state index in [1.807, 2.05) is 0 Å². The van der Waals surface area contributed by atoms with Crippen molar-refractivity contribution in [2.24, 2.45) is 5.11 Å². The molecule has 0 spiro atoms. The Bertz CT molecular complexity index is 154. The summed E-state index contributed by atoms with van der Waals surface area (Å²) in [5.41, 5.74) is 7.99. The highest BCUT2D eigenvalue weighted by Crippen LogP contribution is 2.11. The van der Waals surface area contributed by atoms with Gasteiger partial charge in [-0.1, -0.05) is 5.11 Å². The van der Waals surface area contributed by atoms with Crippen LogP contribution in [0.1, 0.15) is 6.42 Å². The SMILES string of the molecule is CO[Si](C)(C)CCCN=[N+]=[N-]. The molecule has 0 rings (SSSR count). The Morgan fingerprint density at radius 1 is 1.55 bits per heavy atom. The van der Waals surface area contributed by atoms with Gasteiger partial charge in [0.1, 0.15) is 0 Å². The topological polar surface area (TPSA) is 58.0 Å². The van der Waals surface area contributed by atoms with Gasteiger partial charge in [-0.15, -0.1) is 0 Å². The van der Waals surface area contributed by atoms with E-state index in [0.717, 1.165) is 12.5 Å². The Morgan fingerprint density at radius 3 is 2.64 bits per heavy atom. The molecule has 0 atom stereocenters. The second-order valence-electron chi connectivity index (χ2n) is 3.02. The summed E-state index contributed by atoms with van der Waals surface area (Å²) in [6, 6.07) is 1.06. The maximum atomic E-state index is 7.99. The standard InChI is InChI=1S/C6H15N3OSi/c1-10-11(2,3)6-4-5-8-9-7/h4-6H2,1-3H3. The van der Waals surface area contributed by atoms with Crippen LogP contribution < -0.4 is 0 Å². The molecule has 0 aromatic heterocycles. The van der Waals surface area contributed by atoms with E-state index in [2.05, 4.69) is 23.1 Å². The minimum absolute atomic E-state index is 0.594. The molecule has 0 aliphatic rings. The maximum Gasteiger partial charge on any atom is 0.186 e. The molecule has 4 nitrogen and oxygen atoms in total. The molecule has 0 aromatic rings. The summed E-state index contributed by atoms with van der Waals surface area (Å²) in [6.07, 6.45) is 0.942. The maximum absolute atomic E-state index is 7.99. The van der Waals surface area contributed by atoms with E-state index in [0.29, 0.717) is 6.54 Å². The van der Waals surface area contributed by atoms with Crippen molar-refractivity contribution in [2.75, 3.05) is 13.7 Å². The van der Waals surface area contributed by atoms with Crippen molar-refractivity contribution >= 4 is 8.32 Å². The summed E-state index contributed by atoms with van der Waals surface area (Å²) >= 11 is 0. The Labute approximate surface area is 68.3 Å². The molecule has 0 heterocycles. The van der Waals surface area contributed by atoms with Crippen LogP contribution in [-0.4, -0.2) is 22.0 Å². The monoisotopic (exact) mass is 173 g/mol. The summed E-state index contributed by atoms with van der Waals surface area (Å²) in [6.45, 7) is 4.91. The molecule has 0 aliphatic heterocycles. The number of hydrogen-bond acceptors (Lipinski definition) is 2. The summed E-state index contributed by atoms with van der Waals surface area (Å²) in [7, 11) is 0.339. The van der Waals surface area contributed by atoms with Crippen molar-refractivity contribution in [3.05, 3.63) is 10.4 Å². The Balaban J connectivity index is 3.45. The van der Waals surface area contributed by atoms with Crippen LogP contribution in [0.2, 0.25) is 19.1 Å². The summed E-state index contributed by atoms with van der Waals surface area (Å²) in [5.74, 6) is 0. The molecule has 0 amide bonds. The van der Waals surface area contributed by atoms with Crippen LogP contribution in [0.4, 0.5) is 0 Å². The lowest BCUT2D eigenvalue weighted by atomic mass is 10.5. The molecule has 0 radical (unpaired) electrons. The van der Waals surface area contributed by atoms with Gasteiger partial charge in [-0.05, 0) is 31.1 Å². The number of azide groups is 1. The molecule has 64 valence electrons. The average molecular weight is 173 g/mol. The van der Waals surface area contributed by atoms with Crippen molar-refractivity contribution in [2.45, 2.75) is 25.6 Å². The fourth-order valence-corrected chi connectivity index (χ4v) is 1.94. The highest BCUT2D eigenvalue weighted by molar-refractivity contribution is 6.71. The van der Waals surface area contributed by atoms with E-state index in [1.165, 1.54) is 0 Å². The highest BCUT2D eigenvalue weighted by Gasteiger charge is 2.18. The predicted octanol–water partition coefficient (Wildman–Crippen LogP) is 2.54. The Kier molecular flexibility index (Phi) is 4.94. The molecule has 0 unspecified atom stereocenters. The van der Waals surface area contributed by atoms with Crippen molar-refractivity contribution in [1.82, 2.24) is 0 Å². The molecular formula is C6H15N3OSi. The van der Waals surface area contributed by atoms with Gasteiger partial charge in [0.25, 0.3) is 0 Å². The van der Waals surface area contributed by atoms with Crippen molar-refractivity contribution in [3.8, 4) is 0 Å². The van der Waals surface area contributed by atoms with Gasteiger partial charge in [-0.25, -0.2) is 0 Å². The van der Waals surface area contributed by atoms with Gasteiger partial charge in [0.15, 0.2) is 8.32 Å². The fourth-order valence-electron chi connectivity index (χ4n) is 0.722. The minimum Gasteiger partial charge on any atom is -0.420 e. The van der Waals surface area contributed by atoms with E-state index < -0.39 is 8.32 Å². The van der Waals surface area contributed by atoms with E-state index in [4.69, 9.17) is 9.96 Å². The number of hydrogen-bond donors (Lipinski definition) is 0. The predicted molar refractivity (Wildman–Crippen MR) is 47.9 cm³/mol. The van der Waals surface area contributed by atoms with E-state index in [9.17, 15) is 0 Å². The lowest BCUT2D eigenvalue weighted by molar-refractivity contribution is 0.402. The molecule has 0 saturated carbocycles. The van der Waals surface area contributed by atoms with Crippen molar-refractivity contribution in [1.29, 1.82) is 0 Å². The fraction of sp³-hybridized carbons (Fsp3) is 1.00. The third-order valence-electron chi connectivity index (χ3n) is 1.65.